The summed E-state index contributed by atoms with van der Waals surface area (Å²) in [6.45, 7) is 1.86. The fourth-order valence-corrected chi connectivity index (χ4v) is 1.96. The Bertz CT molecular complexity index is 683. The van der Waals surface area contributed by atoms with Crippen LogP contribution in [0, 0.1) is 17.1 Å². The number of hydrogen-bond donors (Lipinski definition) is 1. The highest BCUT2D eigenvalue weighted by atomic mass is 35.5. The molecule has 0 bridgehead atoms. The lowest BCUT2D eigenvalue weighted by Crippen LogP contribution is -2.11. The molecule has 0 aliphatic rings. The molecule has 21 heavy (non-hydrogen) atoms. The van der Waals surface area contributed by atoms with Gasteiger partial charge in [0.15, 0.2) is 11.6 Å². The topological polar surface area (TPSA) is 71.9 Å². The Kier molecular flexibility index (Phi) is 4.73. The standard InChI is InChI=1S/C15H13ClFN3O/c1-2-13(19)11-5-6-12(16)15(14(11)17)21-10-4-3-9(7-18)20-8-10/h3-6,8,13H,2,19H2,1H3/t13-/m1/s1. The molecule has 0 aliphatic heterocycles. The summed E-state index contributed by atoms with van der Waals surface area (Å²) in [7, 11) is 0. The van der Waals surface area contributed by atoms with Crippen molar-refractivity contribution in [2.24, 2.45) is 5.73 Å². The van der Waals surface area contributed by atoms with Gasteiger partial charge in [-0.3, -0.25) is 0 Å². The Morgan fingerprint density at radius 1 is 1.43 bits per heavy atom. The summed E-state index contributed by atoms with van der Waals surface area (Å²) in [6.07, 6.45) is 1.93. The number of benzene rings is 1. The Morgan fingerprint density at radius 3 is 2.76 bits per heavy atom. The van der Waals surface area contributed by atoms with Crippen molar-refractivity contribution in [3.63, 3.8) is 0 Å². The summed E-state index contributed by atoms with van der Waals surface area (Å²) in [5.74, 6) is -0.386. The van der Waals surface area contributed by atoms with Crippen LogP contribution in [0.4, 0.5) is 4.39 Å². The Hall–Kier alpha value is -2.16. The molecule has 0 spiro atoms. The van der Waals surface area contributed by atoms with Gasteiger partial charge in [0.05, 0.1) is 11.2 Å². The smallest absolute Gasteiger partial charge is 0.182 e. The van der Waals surface area contributed by atoms with E-state index < -0.39 is 11.9 Å². The van der Waals surface area contributed by atoms with Gasteiger partial charge in [-0.25, -0.2) is 9.37 Å². The molecule has 2 rings (SSSR count). The van der Waals surface area contributed by atoms with E-state index in [1.807, 2.05) is 13.0 Å². The van der Waals surface area contributed by atoms with E-state index in [2.05, 4.69) is 4.98 Å². The third-order valence-electron chi connectivity index (χ3n) is 2.99. The zero-order valence-corrected chi connectivity index (χ0v) is 12.1. The first-order valence-electron chi connectivity index (χ1n) is 6.34. The Balaban J connectivity index is 2.36. The van der Waals surface area contributed by atoms with Crippen molar-refractivity contribution in [3.05, 3.63) is 52.6 Å². The summed E-state index contributed by atoms with van der Waals surface area (Å²) >= 11 is 5.98. The van der Waals surface area contributed by atoms with Crippen LogP contribution in [0.2, 0.25) is 5.02 Å². The number of nitrogens with two attached hydrogens (primary N) is 1. The van der Waals surface area contributed by atoms with Crippen molar-refractivity contribution in [1.82, 2.24) is 4.98 Å². The summed E-state index contributed by atoms with van der Waals surface area (Å²) < 4.78 is 19.9. The number of halogens is 2. The van der Waals surface area contributed by atoms with E-state index in [4.69, 9.17) is 27.3 Å². The maximum Gasteiger partial charge on any atom is 0.182 e. The molecule has 1 heterocycles. The Morgan fingerprint density at radius 2 is 2.19 bits per heavy atom. The number of rotatable bonds is 4. The van der Waals surface area contributed by atoms with Crippen LogP contribution in [-0.2, 0) is 0 Å². The van der Waals surface area contributed by atoms with Gasteiger partial charge in [-0.15, -0.1) is 0 Å². The van der Waals surface area contributed by atoms with Crippen molar-refractivity contribution < 1.29 is 9.13 Å². The van der Waals surface area contributed by atoms with E-state index in [0.29, 0.717) is 12.0 Å². The summed E-state index contributed by atoms with van der Waals surface area (Å²) in [4.78, 5) is 3.85. The molecule has 0 radical (unpaired) electrons. The highest BCUT2D eigenvalue weighted by Crippen LogP contribution is 2.35. The summed E-state index contributed by atoms with van der Waals surface area (Å²) in [5.41, 5.74) is 6.45. The molecule has 1 atom stereocenters. The molecule has 6 heteroatoms. The predicted octanol–water partition coefficient (Wildman–Crippen LogP) is 3.95. The molecular formula is C15H13ClFN3O. The second-order valence-corrected chi connectivity index (χ2v) is 4.79. The second-order valence-electron chi connectivity index (χ2n) is 4.39. The molecular weight excluding hydrogens is 293 g/mol. The van der Waals surface area contributed by atoms with Gasteiger partial charge in [-0.1, -0.05) is 24.6 Å². The molecule has 1 aromatic carbocycles. The molecule has 2 N–H and O–H groups in total. The number of pyridine rings is 1. The van der Waals surface area contributed by atoms with Crippen LogP contribution in [0.5, 0.6) is 11.5 Å². The first kappa shape index (κ1) is 15.2. The number of nitrogens with zero attached hydrogens (tertiary/aromatic N) is 2. The SMILES string of the molecule is CC[C@@H](N)c1ccc(Cl)c(Oc2ccc(C#N)nc2)c1F. The minimum Gasteiger partial charge on any atom is -0.451 e. The van der Waals surface area contributed by atoms with Crippen molar-refractivity contribution in [2.75, 3.05) is 0 Å². The zero-order valence-electron chi connectivity index (χ0n) is 11.3. The number of ether oxygens (including phenoxy) is 1. The van der Waals surface area contributed by atoms with Gasteiger partial charge in [0.2, 0.25) is 0 Å². The van der Waals surface area contributed by atoms with Crippen molar-refractivity contribution >= 4 is 11.6 Å². The third-order valence-corrected chi connectivity index (χ3v) is 3.29. The first-order chi connectivity index (χ1) is 10.1. The molecule has 0 unspecified atom stereocenters. The van der Waals surface area contributed by atoms with Crippen LogP contribution in [0.15, 0.2) is 30.5 Å². The quantitative estimate of drug-likeness (QED) is 0.928. The van der Waals surface area contributed by atoms with Crippen LogP contribution in [0.25, 0.3) is 0 Å². The van der Waals surface area contributed by atoms with Crippen LogP contribution in [-0.4, -0.2) is 4.98 Å². The van der Waals surface area contributed by atoms with Gasteiger partial charge < -0.3 is 10.5 Å². The van der Waals surface area contributed by atoms with Crippen LogP contribution < -0.4 is 10.5 Å². The summed E-state index contributed by atoms with van der Waals surface area (Å²) in [6, 6.07) is 7.55. The predicted molar refractivity (Wildman–Crippen MR) is 77.7 cm³/mol. The van der Waals surface area contributed by atoms with E-state index in [0.717, 1.165) is 0 Å². The van der Waals surface area contributed by atoms with E-state index in [9.17, 15) is 4.39 Å². The lowest BCUT2D eigenvalue weighted by atomic mass is 10.0. The zero-order chi connectivity index (χ0) is 15.4. The minimum atomic E-state index is -0.582. The lowest BCUT2D eigenvalue weighted by molar-refractivity contribution is 0.433. The molecule has 0 aliphatic carbocycles. The number of nitriles is 1. The van der Waals surface area contributed by atoms with E-state index in [-0.39, 0.29) is 22.2 Å². The number of aromatic nitrogens is 1. The molecule has 2 aromatic rings. The minimum absolute atomic E-state index is 0.0930. The summed E-state index contributed by atoms with van der Waals surface area (Å²) in [5, 5.41) is 8.83. The molecule has 108 valence electrons. The fourth-order valence-electron chi connectivity index (χ4n) is 1.77. The number of hydrogen-bond acceptors (Lipinski definition) is 4. The van der Waals surface area contributed by atoms with Gasteiger partial charge in [0.25, 0.3) is 0 Å². The Labute approximate surface area is 126 Å². The van der Waals surface area contributed by atoms with Crippen LogP contribution in [0.3, 0.4) is 0 Å². The average molecular weight is 306 g/mol. The third kappa shape index (κ3) is 3.30. The van der Waals surface area contributed by atoms with E-state index in [1.54, 1.807) is 12.1 Å². The first-order valence-corrected chi connectivity index (χ1v) is 6.72. The van der Waals surface area contributed by atoms with Crippen LogP contribution >= 0.6 is 11.6 Å². The van der Waals surface area contributed by atoms with E-state index in [1.165, 1.54) is 18.3 Å². The van der Waals surface area contributed by atoms with Gasteiger partial charge in [0.1, 0.15) is 17.5 Å². The van der Waals surface area contributed by atoms with Gasteiger partial charge >= 0.3 is 0 Å². The van der Waals surface area contributed by atoms with E-state index >= 15 is 0 Å². The highest BCUT2D eigenvalue weighted by molar-refractivity contribution is 6.32. The van der Waals surface area contributed by atoms with Gasteiger partial charge in [0, 0.05) is 11.6 Å². The maximum absolute atomic E-state index is 14.4. The average Bonchev–Trinajstić information content (AvgIpc) is 2.51. The lowest BCUT2D eigenvalue weighted by Gasteiger charge is -2.15. The normalized spacial score (nSPS) is 11.8. The van der Waals surface area contributed by atoms with Crippen molar-refractivity contribution in [1.29, 1.82) is 5.26 Å². The van der Waals surface area contributed by atoms with Crippen molar-refractivity contribution in [3.8, 4) is 17.6 Å². The fraction of sp³-hybridized carbons (Fsp3) is 0.200. The van der Waals surface area contributed by atoms with Gasteiger partial charge in [-0.2, -0.15) is 5.26 Å². The monoisotopic (exact) mass is 305 g/mol. The molecule has 0 saturated heterocycles. The maximum atomic E-state index is 14.4. The second kappa shape index (κ2) is 6.53. The highest BCUT2D eigenvalue weighted by Gasteiger charge is 2.18. The molecule has 0 amide bonds. The largest absolute Gasteiger partial charge is 0.451 e. The van der Waals surface area contributed by atoms with Gasteiger partial charge in [-0.05, 0) is 24.6 Å². The molecule has 4 nitrogen and oxygen atoms in total. The van der Waals surface area contributed by atoms with Crippen molar-refractivity contribution in [2.45, 2.75) is 19.4 Å². The van der Waals surface area contributed by atoms with Crippen LogP contribution in [0.1, 0.15) is 30.6 Å². The molecule has 1 aromatic heterocycles. The molecule has 0 saturated carbocycles. The molecule has 0 fully saturated rings.